The minimum atomic E-state index is -1.24. The summed E-state index contributed by atoms with van der Waals surface area (Å²) in [5, 5.41) is 23.9. The van der Waals surface area contributed by atoms with Gasteiger partial charge in [0, 0.05) is 6.20 Å². The molecule has 0 aromatic carbocycles. The van der Waals surface area contributed by atoms with Gasteiger partial charge in [0.15, 0.2) is 6.04 Å². The maximum absolute atomic E-state index is 10.6. The van der Waals surface area contributed by atoms with Crippen LogP contribution in [-0.4, -0.2) is 37.1 Å². The zero-order valence-corrected chi connectivity index (χ0v) is 6.49. The lowest BCUT2D eigenvalue weighted by molar-refractivity contribution is -0.147. The highest BCUT2D eigenvalue weighted by molar-refractivity contribution is 5.79. The van der Waals surface area contributed by atoms with Crippen LogP contribution in [0.5, 0.6) is 0 Å². The zero-order chi connectivity index (χ0) is 9.84. The maximum Gasteiger partial charge on any atom is 0.329 e. The molecule has 7 heteroatoms. The van der Waals surface area contributed by atoms with Gasteiger partial charge in [-0.05, 0) is 0 Å². The number of aliphatic carboxylic acids is 2. The van der Waals surface area contributed by atoms with Crippen molar-refractivity contribution in [3.8, 4) is 0 Å². The van der Waals surface area contributed by atoms with Crippen molar-refractivity contribution in [2.24, 2.45) is 0 Å². The van der Waals surface area contributed by atoms with Crippen LogP contribution in [0, 0.1) is 0 Å². The SMILES string of the molecule is O=C(O)CC(C(=O)O)n1ccnn1. The number of hydrogen-bond donors (Lipinski definition) is 2. The van der Waals surface area contributed by atoms with E-state index in [4.69, 9.17) is 10.2 Å². The van der Waals surface area contributed by atoms with E-state index in [1.165, 1.54) is 12.4 Å². The summed E-state index contributed by atoms with van der Waals surface area (Å²) in [5.74, 6) is -2.43. The van der Waals surface area contributed by atoms with Crippen molar-refractivity contribution in [2.45, 2.75) is 12.5 Å². The van der Waals surface area contributed by atoms with Crippen molar-refractivity contribution in [1.29, 1.82) is 0 Å². The van der Waals surface area contributed by atoms with E-state index in [-0.39, 0.29) is 0 Å². The summed E-state index contributed by atoms with van der Waals surface area (Å²) >= 11 is 0. The van der Waals surface area contributed by atoms with E-state index >= 15 is 0 Å². The van der Waals surface area contributed by atoms with Crippen molar-refractivity contribution in [2.75, 3.05) is 0 Å². The van der Waals surface area contributed by atoms with E-state index in [0.717, 1.165) is 4.68 Å². The predicted molar refractivity (Wildman–Crippen MR) is 38.9 cm³/mol. The quantitative estimate of drug-likeness (QED) is 0.647. The Labute approximate surface area is 72.6 Å². The molecule has 0 saturated heterocycles. The number of nitrogens with zero attached hydrogens (tertiary/aromatic N) is 3. The number of carboxylic acids is 2. The van der Waals surface area contributed by atoms with Gasteiger partial charge in [0.2, 0.25) is 0 Å². The summed E-state index contributed by atoms with van der Waals surface area (Å²) in [4.78, 5) is 20.9. The monoisotopic (exact) mass is 185 g/mol. The Hall–Kier alpha value is -1.92. The van der Waals surface area contributed by atoms with E-state index < -0.39 is 24.4 Å². The van der Waals surface area contributed by atoms with E-state index in [1.54, 1.807) is 0 Å². The molecular weight excluding hydrogens is 178 g/mol. The summed E-state index contributed by atoms with van der Waals surface area (Å²) in [6.45, 7) is 0. The third-order valence-corrected chi connectivity index (χ3v) is 1.41. The molecule has 1 unspecified atom stereocenters. The second kappa shape index (κ2) is 3.65. The van der Waals surface area contributed by atoms with Crippen LogP contribution in [0.1, 0.15) is 12.5 Å². The van der Waals surface area contributed by atoms with Crippen LogP contribution in [0.3, 0.4) is 0 Å². The van der Waals surface area contributed by atoms with Gasteiger partial charge in [0.05, 0.1) is 12.6 Å². The second-order valence-corrected chi connectivity index (χ2v) is 2.33. The standard InChI is InChI=1S/C6H7N3O4/c10-5(11)3-4(6(12)13)9-2-1-7-8-9/h1-2,4H,3H2,(H,10,11)(H,12,13). The van der Waals surface area contributed by atoms with Crippen LogP contribution >= 0.6 is 0 Å². The Kier molecular flexibility index (Phi) is 2.58. The van der Waals surface area contributed by atoms with Crippen LogP contribution in [0.15, 0.2) is 12.4 Å². The average Bonchev–Trinajstić information content (AvgIpc) is 2.50. The van der Waals surface area contributed by atoms with E-state index in [0.29, 0.717) is 0 Å². The second-order valence-electron chi connectivity index (χ2n) is 2.33. The molecule has 0 aliphatic rings. The number of carbonyl (C=O) groups is 2. The molecule has 7 nitrogen and oxygen atoms in total. The van der Waals surface area contributed by atoms with E-state index in [2.05, 4.69) is 10.3 Å². The fraction of sp³-hybridized carbons (Fsp3) is 0.333. The van der Waals surface area contributed by atoms with Gasteiger partial charge in [0.1, 0.15) is 0 Å². The Morgan fingerprint density at radius 3 is 2.54 bits per heavy atom. The molecule has 1 aromatic heterocycles. The fourth-order valence-electron chi connectivity index (χ4n) is 0.843. The molecule has 1 rings (SSSR count). The number of rotatable bonds is 4. The Balaban J connectivity index is 2.81. The van der Waals surface area contributed by atoms with Gasteiger partial charge >= 0.3 is 11.9 Å². The highest BCUT2D eigenvalue weighted by atomic mass is 16.4. The van der Waals surface area contributed by atoms with Crippen molar-refractivity contribution in [3.63, 3.8) is 0 Å². The predicted octanol–water partition coefficient (Wildman–Crippen LogP) is -0.622. The van der Waals surface area contributed by atoms with Gasteiger partial charge in [-0.3, -0.25) is 4.79 Å². The summed E-state index contributed by atoms with van der Waals surface area (Å²) in [5.41, 5.74) is 0. The van der Waals surface area contributed by atoms with Crippen molar-refractivity contribution in [3.05, 3.63) is 12.4 Å². The number of hydrogen-bond acceptors (Lipinski definition) is 4. The molecule has 1 heterocycles. The van der Waals surface area contributed by atoms with Gasteiger partial charge < -0.3 is 10.2 Å². The van der Waals surface area contributed by atoms with Crippen molar-refractivity contribution in [1.82, 2.24) is 15.0 Å². The van der Waals surface area contributed by atoms with Crippen LogP contribution in [0.25, 0.3) is 0 Å². The third kappa shape index (κ3) is 2.26. The van der Waals surface area contributed by atoms with Crippen LogP contribution in [-0.2, 0) is 9.59 Å². The van der Waals surface area contributed by atoms with Gasteiger partial charge in [-0.1, -0.05) is 5.21 Å². The molecule has 0 saturated carbocycles. The maximum atomic E-state index is 10.6. The first-order valence-electron chi connectivity index (χ1n) is 3.41. The molecule has 0 bridgehead atoms. The first-order chi connectivity index (χ1) is 6.11. The normalized spacial score (nSPS) is 12.3. The smallest absolute Gasteiger partial charge is 0.329 e. The Morgan fingerprint density at radius 1 is 1.46 bits per heavy atom. The third-order valence-electron chi connectivity index (χ3n) is 1.41. The zero-order valence-electron chi connectivity index (χ0n) is 6.49. The van der Waals surface area contributed by atoms with Gasteiger partial charge in [-0.15, -0.1) is 5.10 Å². The first-order valence-corrected chi connectivity index (χ1v) is 3.41. The molecule has 0 amide bonds. The molecule has 1 atom stereocenters. The van der Waals surface area contributed by atoms with E-state index in [1.807, 2.05) is 0 Å². The Bertz CT molecular complexity index is 308. The lowest BCUT2D eigenvalue weighted by Gasteiger charge is -2.08. The fourth-order valence-corrected chi connectivity index (χ4v) is 0.843. The number of aromatic nitrogens is 3. The summed E-state index contributed by atoms with van der Waals surface area (Å²) in [6, 6.07) is -1.19. The molecule has 0 aliphatic carbocycles. The van der Waals surface area contributed by atoms with Crippen LogP contribution in [0.2, 0.25) is 0 Å². The Morgan fingerprint density at radius 2 is 2.15 bits per heavy atom. The molecule has 0 spiro atoms. The van der Waals surface area contributed by atoms with Gasteiger partial charge in [-0.2, -0.15) is 0 Å². The molecule has 1 aromatic rings. The molecule has 2 N–H and O–H groups in total. The van der Waals surface area contributed by atoms with Gasteiger partial charge in [-0.25, -0.2) is 9.48 Å². The van der Waals surface area contributed by atoms with Crippen LogP contribution in [0.4, 0.5) is 0 Å². The number of carboxylic acid groups (broad SMARTS) is 2. The molecular formula is C6H7N3O4. The highest BCUT2D eigenvalue weighted by Gasteiger charge is 2.23. The molecule has 13 heavy (non-hydrogen) atoms. The molecule has 70 valence electrons. The molecule has 0 radical (unpaired) electrons. The van der Waals surface area contributed by atoms with Crippen molar-refractivity contribution >= 4 is 11.9 Å². The lowest BCUT2D eigenvalue weighted by Crippen LogP contribution is -2.22. The lowest BCUT2D eigenvalue weighted by atomic mass is 10.2. The minimum Gasteiger partial charge on any atom is -0.481 e. The minimum absolute atomic E-state index is 0.515. The summed E-state index contributed by atoms with van der Waals surface area (Å²) in [7, 11) is 0. The van der Waals surface area contributed by atoms with Crippen molar-refractivity contribution < 1.29 is 19.8 Å². The summed E-state index contributed by atoms with van der Waals surface area (Å²) < 4.78 is 0.996. The van der Waals surface area contributed by atoms with Gasteiger partial charge in [0.25, 0.3) is 0 Å². The molecule has 0 fully saturated rings. The summed E-state index contributed by atoms with van der Waals surface area (Å²) in [6.07, 6.45) is 2.08. The molecule has 0 aliphatic heterocycles. The highest BCUT2D eigenvalue weighted by Crippen LogP contribution is 2.08. The van der Waals surface area contributed by atoms with E-state index in [9.17, 15) is 9.59 Å². The topological polar surface area (TPSA) is 105 Å². The van der Waals surface area contributed by atoms with Crippen LogP contribution < -0.4 is 0 Å². The largest absolute Gasteiger partial charge is 0.481 e. The first kappa shape index (κ1) is 9.17. The average molecular weight is 185 g/mol.